The second kappa shape index (κ2) is 3.75. The minimum Gasteiger partial charge on any atom is -0.372 e. The maximum Gasteiger partial charge on any atom is 0.0917 e. The zero-order valence-electron chi connectivity index (χ0n) is 6.79. The lowest BCUT2D eigenvalue weighted by Crippen LogP contribution is -2.16. The largest absolute Gasteiger partial charge is 0.372 e. The number of hydrogen-bond acceptors (Lipinski definition) is 1. The average molecular weight is 274 g/mol. The minimum atomic E-state index is 0.329. The molecule has 1 aliphatic rings. The van der Waals surface area contributed by atoms with Crippen LogP contribution in [0.5, 0.6) is 0 Å². The van der Waals surface area contributed by atoms with Gasteiger partial charge < -0.3 is 4.74 Å². The van der Waals surface area contributed by atoms with Crippen molar-refractivity contribution >= 4 is 22.6 Å². The molecule has 1 heterocycles. The number of alkyl halides is 1. The summed E-state index contributed by atoms with van der Waals surface area (Å²) >= 11 is 2.38. The summed E-state index contributed by atoms with van der Waals surface area (Å²) in [6, 6.07) is 8.58. The van der Waals surface area contributed by atoms with E-state index in [9.17, 15) is 0 Å². The lowest BCUT2D eigenvalue weighted by molar-refractivity contribution is 0.0607. The standard InChI is InChI=1S/C10H11IO/c11-7-10-9-4-2-1-3-8(9)5-6-12-10/h1-4,10H,5-7H2. The van der Waals surface area contributed by atoms with Crippen LogP contribution in [0.15, 0.2) is 24.3 Å². The van der Waals surface area contributed by atoms with Gasteiger partial charge in [-0.2, -0.15) is 0 Å². The molecule has 0 saturated carbocycles. The third-order valence-electron chi connectivity index (χ3n) is 2.23. The van der Waals surface area contributed by atoms with Crippen LogP contribution in [0.1, 0.15) is 17.2 Å². The topological polar surface area (TPSA) is 9.23 Å². The Hall–Kier alpha value is -0.0900. The maximum absolute atomic E-state index is 5.65. The summed E-state index contributed by atoms with van der Waals surface area (Å²) in [5.41, 5.74) is 2.85. The highest BCUT2D eigenvalue weighted by atomic mass is 127. The van der Waals surface area contributed by atoms with E-state index in [4.69, 9.17) is 4.74 Å². The van der Waals surface area contributed by atoms with Gasteiger partial charge in [-0.1, -0.05) is 46.9 Å². The van der Waals surface area contributed by atoms with E-state index in [1.54, 1.807) is 0 Å². The van der Waals surface area contributed by atoms with E-state index in [0.717, 1.165) is 17.5 Å². The van der Waals surface area contributed by atoms with Gasteiger partial charge in [0.2, 0.25) is 0 Å². The van der Waals surface area contributed by atoms with Crippen LogP contribution in [-0.4, -0.2) is 11.0 Å². The Bertz CT molecular complexity index is 272. The monoisotopic (exact) mass is 274 g/mol. The lowest BCUT2D eigenvalue weighted by atomic mass is 9.99. The van der Waals surface area contributed by atoms with E-state index in [1.807, 2.05) is 0 Å². The Kier molecular flexibility index (Phi) is 2.66. The SMILES string of the molecule is ICC1OCCc2ccccc21. The lowest BCUT2D eigenvalue weighted by Gasteiger charge is -2.24. The van der Waals surface area contributed by atoms with Gasteiger partial charge in [-0.15, -0.1) is 0 Å². The van der Waals surface area contributed by atoms with Crippen LogP contribution in [0.3, 0.4) is 0 Å². The molecular weight excluding hydrogens is 263 g/mol. The molecule has 0 fully saturated rings. The van der Waals surface area contributed by atoms with Gasteiger partial charge in [-0.25, -0.2) is 0 Å². The summed E-state index contributed by atoms with van der Waals surface area (Å²) in [5.74, 6) is 0. The normalized spacial score (nSPS) is 21.9. The van der Waals surface area contributed by atoms with Gasteiger partial charge >= 0.3 is 0 Å². The Morgan fingerprint density at radius 1 is 1.42 bits per heavy atom. The van der Waals surface area contributed by atoms with Crippen molar-refractivity contribution in [1.29, 1.82) is 0 Å². The van der Waals surface area contributed by atoms with E-state index in [1.165, 1.54) is 11.1 Å². The zero-order chi connectivity index (χ0) is 8.39. The number of halogens is 1. The maximum atomic E-state index is 5.65. The quantitative estimate of drug-likeness (QED) is 0.565. The first-order valence-corrected chi connectivity index (χ1v) is 5.70. The van der Waals surface area contributed by atoms with E-state index >= 15 is 0 Å². The van der Waals surface area contributed by atoms with Crippen LogP contribution in [0.4, 0.5) is 0 Å². The fourth-order valence-corrected chi connectivity index (χ4v) is 2.33. The molecule has 64 valence electrons. The van der Waals surface area contributed by atoms with Gasteiger partial charge in [-0.3, -0.25) is 0 Å². The van der Waals surface area contributed by atoms with E-state index < -0.39 is 0 Å². The van der Waals surface area contributed by atoms with Crippen LogP contribution < -0.4 is 0 Å². The minimum absolute atomic E-state index is 0.329. The van der Waals surface area contributed by atoms with Gasteiger partial charge in [0.1, 0.15) is 0 Å². The van der Waals surface area contributed by atoms with Crippen molar-refractivity contribution < 1.29 is 4.74 Å². The summed E-state index contributed by atoms with van der Waals surface area (Å²) in [4.78, 5) is 0. The number of fused-ring (bicyclic) bond motifs is 1. The molecule has 1 atom stereocenters. The molecule has 12 heavy (non-hydrogen) atoms. The molecule has 0 aromatic heterocycles. The third kappa shape index (κ3) is 1.50. The highest BCUT2D eigenvalue weighted by Crippen LogP contribution is 2.27. The molecule has 0 bridgehead atoms. The van der Waals surface area contributed by atoms with Crippen molar-refractivity contribution in [3.05, 3.63) is 35.4 Å². The summed E-state index contributed by atoms with van der Waals surface area (Å²) in [5, 5.41) is 0. The Morgan fingerprint density at radius 2 is 2.25 bits per heavy atom. The second-order valence-corrected chi connectivity index (χ2v) is 3.84. The predicted molar refractivity (Wildman–Crippen MR) is 57.7 cm³/mol. The van der Waals surface area contributed by atoms with Crippen LogP contribution >= 0.6 is 22.6 Å². The second-order valence-electron chi connectivity index (χ2n) is 2.96. The molecular formula is C10H11IO. The first-order chi connectivity index (χ1) is 5.92. The van der Waals surface area contributed by atoms with Crippen molar-refractivity contribution in [2.24, 2.45) is 0 Å². The molecule has 1 aromatic carbocycles. The van der Waals surface area contributed by atoms with Crippen molar-refractivity contribution in [2.45, 2.75) is 12.5 Å². The summed E-state index contributed by atoms with van der Waals surface area (Å²) in [6.07, 6.45) is 1.40. The molecule has 1 unspecified atom stereocenters. The van der Waals surface area contributed by atoms with E-state index in [0.29, 0.717) is 6.10 Å². The number of benzene rings is 1. The molecule has 0 saturated heterocycles. The molecule has 1 aliphatic heterocycles. The van der Waals surface area contributed by atoms with Gasteiger partial charge in [0.15, 0.2) is 0 Å². The Labute approximate surface area is 86.3 Å². The van der Waals surface area contributed by atoms with Crippen molar-refractivity contribution in [3.8, 4) is 0 Å². The predicted octanol–water partition coefficient (Wildman–Crippen LogP) is 2.74. The highest BCUT2D eigenvalue weighted by molar-refractivity contribution is 14.1. The molecule has 0 amide bonds. The van der Waals surface area contributed by atoms with Crippen LogP contribution in [0.25, 0.3) is 0 Å². The average Bonchev–Trinajstić information content (AvgIpc) is 2.17. The van der Waals surface area contributed by atoms with Gasteiger partial charge in [0.25, 0.3) is 0 Å². The van der Waals surface area contributed by atoms with Crippen LogP contribution in [0, 0.1) is 0 Å². The smallest absolute Gasteiger partial charge is 0.0917 e. The summed E-state index contributed by atoms with van der Waals surface area (Å²) in [6.45, 7) is 0.880. The number of hydrogen-bond donors (Lipinski definition) is 0. The molecule has 2 rings (SSSR count). The molecule has 1 aromatic rings. The van der Waals surface area contributed by atoms with Crippen molar-refractivity contribution in [2.75, 3.05) is 11.0 Å². The summed E-state index contributed by atoms with van der Waals surface area (Å²) in [7, 11) is 0. The molecule has 1 nitrogen and oxygen atoms in total. The Balaban J connectivity index is 2.37. The zero-order valence-corrected chi connectivity index (χ0v) is 8.95. The number of ether oxygens (including phenoxy) is 1. The third-order valence-corrected chi connectivity index (χ3v) is 3.03. The van der Waals surface area contributed by atoms with E-state index in [-0.39, 0.29) is 0 Å². The van der Waals surface area contributed by atoms with Gasteiger partial charge in [-0.05, 0) is 17.5 Å². The van der Waals surface area contributed by atoms with Crippen LogP contribution in [0.2, 0.25) is 0 Å². The fourth-order valence-electron chi connectivity index (χ4n) is 1.60. The highest BCUT2D eigenvalue weighted by Gasteiger charge is 2.18. The van der Waals surface area contributed by atoms with Gasteiger partial charge in [0.05, 0.1) is 12.7 Å². The molecule has 0 spiro atoms. The molecule has 0 aliphatic carbocycles. The fraction of sp³-hybridized carbons (Fsp3) is 0.400. The Morgan fingerprint density at radius 3 is 3.08 bits per heavy atom. The van der Waals surface area contributed by atoms with Gasteiger partial charge in [0, 0.05) is 4.43 Å². The van der Waals surface area contributed by atoms with E-state index in [2.05, 4.69) is 46.9 Å². The van der Waals surface area contributed by atoms with Crippen LogP contribution in [-0.2, 0) is 11.2 Å². The first kappa shape index (κ1) is 8.51. The first-order valence-electron chi connectivity index (χ1n) is 4.17. The summed E-state index contributed by atoms with van der Waals surface area (Å²) < 4.78 is 6.70. The molecule has 0 radical (unpaired) electrons. The van der Waals surface area contributed by atoms with Crippen molar-refractivity contribution in [1.82, 2.24) is 0 Å². The molecule has 2 heteroatoms. The number of rotatable bonds is 1. The molecule has 0 N–H and O–H groups in total. The van der Waals surface area contributed by atoms with Crippen molar-refractivity contribution in [3.63, 3.8) is 0 Å².